The molecule has 0 spiro atoms. The summed E-state index contributed by atoms with van der Waals surface area (Å²) in [5.41, 5.74) is 8.10. The van der Waals surface area contributed by atoms with Crippen LogP contribution in [-0.4, -0.2) is 40.3 Å². The van der Waals surface area contributed by atoms with Gasteiger partial charge in [0.05, 0.1) is 11.6 Å². The number of aromatic nitrogens is 2. The van der Waals surface area contributed by atoms with Crippen LogP contribution in [0.1, 0.15) is 18.4 Å². The van der Waals surface area contributed by atoms with E-state index in [-0.39, 0.29) is 23.9 Å². The molecule has 0 aliphatic carbocycles. The van der Waals surface area contributed by atoms with Gasteiger partial charge in [-0.25, -0.2) is 18.7 Å². The molecule has 1 saturated heterocycles. The lowest BCUT2D eigenvalue weighted by atomic mass is 10.0. The molecule has 6 nitrogen and oxygen atoms in total. The van der Waals surface area contributed by atoms with Crippen LogP contribution in [0, 0.1) is 5.82 Å². The second-order valence-electron chi connectivity index (χ2n) is 7.79. The van der Waals surface area contributed by atoms with Gasteiger partial charge in [0.1, 0.15) is 17.5 Å². The summed E-state index contributed by atoms with van der Waals surface area (Å²) in [7, 11) is -0.701. The highest BCUT2D eigenvalue weighted by Gasteiger charge is 2.27. The van der Waals surface area contributed by atoms with Crippen LogP contribution in [0.5, 0.6) is 0 Å². The standard InChI is InChI=1S/C23H23F2N5OS/c24-13-18-12-20(6-7-27-18)31-32-9-8-30(19-3-1-2-17(25)11-19)22(32)15-4-5-16-14-28-23(26)29-21(16)10-15/h1-5,8-11,14,18,20,27H,6-7,12-13H2,(H2,26,28,29). The van der Waals surface area contributed by atoms with Crippen molar-refractivity contribution in [2.45, 2.75) is 25.0 Å². The van der Waals surface area contributed by atoms with E-state index in [1.807, 2.05) is 40.8 Å². The van der Waals surface area contributed by atoms with Crippen LogP contribution in [-0.2, 0) is 4.18 Å². The van der Waals surface area contributed by atoms with Crippen molar-refractivity contribution < 1.29 is 13.0 Å². The van der Waals surface area contributed by atoms with Gasteiger partial charge in [-0.2, -0.15) is 0 Å². The monoisotopic (exact) mass is 455 g/mol. The van der Waals surface area contributed by atoms with Crippen molar-refractivity contribution in [3.05, 3.63) is 71.7 Å². The second kappa shape index (κ2) is 8.93. The lowest BCUT2D eigenvalue weighted by molar-refractivity contribution is 0.155. The zero-order chi connectivity index (χ0) is 22.1. The summed E-state index contributed by atoms with van der Waals surface area (Å²) in [4.78, 5) is 11.2. The zero-order valence-electron chi connectivity index (χ0n) is 17.2. The minimum Gasteiger partial charge on any atom is -0.368 e. The Morgan fingerprint density at radius 1 is 1.25 bits per heavy atom. The van der Waals surface area contributed by atoms with E-state index in [0.717, 1.165) is 34.4 Å². The third-order valence-electron chi connectivity index (χ3n) is 5.55. The Labute approximate surface area is 187 Å². The Balaban J connectivity index is 1.57. The summed E-state index contributed by atoms with van der Waals surface area (Å²) in [6, 6.07) is 12.1. The van der Waals surface area contributed by atoms with Crippen molar-refractivity contribution in [3.8, 4) is 0 Å². The number of hydrogen-bond acceptors (Lipinski definition) is 6. The van der Waals surface area contributed by atoms with E-state index in [9.17, 15) is 8.78 Å². The number of hydrogen-bond donors (Lipinski definition) is 2. The predicted octanol–water partition coefficient (Wildman–Crippen LogP) is 4.11. The van der Waals surface area contributed by atoms with Crippen molar-refractivity contribution >= 4 is 38.3 Å². The van der Waals surface area contributed by atoms with Crippen molar-refractivity contribution in [2.75, 3.05) is 23.9 Å². The molecule has 1 fully saturated rings. The maximum Gasteiger partial charge on any atom is 0.220 e. The molecule has 2 aliphatic rings. The number of anilines is 2. The van der Waals surface area contributed by atoms with E-state index >= 15 is 0 Å². The zero-order valence-corrected chi connectivity index (χ0v) is 18.1. The molecule has 5 rings (SSSR count). The molecule has 0 amide bonds. The first-order chi connectivity index (χ1) is 15.6. The predicted molar refractivity (Wildman–Crippen MR) is 126 cm³/mol. The number of nitrogens with zero attached hydrogens (tertiary/aromatic N) is 3. The summed E-state index contributed by atoms with van der Waals surface area (Å²) in [6.45, 7) is 0.302. The van der Waals surface area contributed by atoms with Gasteiger partial charge in [-0.05, 0) is 54.4 Å². The Bertz CT molecular complexity index is 1220. The van der Waals surface area contributed by atoms with Gasteiger partial charge in [-0.1, -0.05) is 18.2 Å². The van der Waals surface area contributed by atoms with Gasteiger partial charge < -0.3 is 20.1 Å². The molecule has 0 bridgehead atoms. The van der Waals surface area contributed by atoms with E-state index in [2.05, 4.69) is 15.3 Å². The number of alkyl halides is 1. The highest BCUT2D eigenvalue weighted by Crippen LogP contribution is 2.37. The molecular formula is C23H23F2N5OS. The molecule has 3 N–H and O–H groups in total. The smallest absolute Gasteiger partial charge is 0.220 e. The third kappa shape index (κ3) is 4.23. The van der Waals surface area contributed by atoms with Gasteiger partial charge in [0.15, 0.2) is 0 Å². The first-order valence-corrected chi connectivity index (χ1v) is 11.6. The Kier molecular flexibility index (Phi) is 5.86. The van der Waals surface area contributed by atoms with Gasteiger partial charge in [-0.3, -0.25) is 0 Å². The lowest BCUT2D eigenvalue weighted by Crippen LogP contribution is -2.42. The number of benzene rings is 2. The van der Waals surface area contributed by atoms with Crippen LogP contribution in [0.25, 0.3) is 10.9 Å². The molecule has 3 aromatic rings. The number of piperidine rings is 1. The van der Waals surface area contributed by atoms with Gasteiger partial charge >= 0.3 is 0 Å². The highest BCUT2D eigenvalue weighted by atomic mass is 32.2. The molecule has 9 heteroatoms. The number of nitrogens with one attached hydrogen (secondary N) is 1. The SMILES string of the molecule is Nc1ncc2ccc(C3=S(OC4CCNC(CF)C4)C=CN3c3cccc(F)c3)cc2n1. The molecule has 0 radical (unpaired) electrons. The fraction of sp³-hybridized carbons (Fsp3) is 0.261. The number of halogens is 2. The minimum atomic E-state index is -0.701. The van der Waals surface area contributed by atoms with E-state index in [4.69, 9.17) is 9.92 Å². The molecule has 2 aromatic carbocycles. The first-order valence-electron chi connectivity index (χ1n) is 10.4. The minimum absolute atomic E-state index is 0.0640. The summed E-state index contributed by atoms with van der Waals surface area (Å²) in [6.07, 6.45) is 4.95. The molecule has 1 aromatic heterocycles. The van der Waals surface area contributed by atoms with E-state index in [0.29, 0.717) is 12.1 Å². The average Bonchev–Trinajstić information content (AvgIpc) is 3.22. The first kappa shape index (κ1) is 21.0. The normalized spacial score (nSPS) is 23.2. The largest absolute Gasteiger partial charge is 0.368 e. The van der Waals surface area contributed by atoms with Gasteiger partial charge in [0, 0.05) is 40.5 Å². The number of nitrogen functional groups attached to an aromatic ring is 1. The third-order valence-corrected chi connectivity index (χ3v) is 7.21. The van der Waals surface area contributed by atoms with E-state index in [1.165, 1.54) is 12.1 Å². The Morgan fingerprint density at radius 2 is 2.16 bits per heavy atom. The summed E-state index contributed by atoms with van der Waals surface area (Å²) in [5, 5.41) is 6.03. The fourth-order valence-electron chi connectivity index (χ4n) is 4.00. The topological polar surface area (TPSA) is 76.3 Å². The number of fused-ring (bicyclic) bond motifs is 1. The van der Waals surface area contributed by atoms with Crippen LogP contribution < -0.4 is 16.0 Å². The number of rotatable bonds is 5. The quantitative estimate of drug-likeness (QED) is 0.564. The van der Waals surface area contributed by atoms with E-state index in [1.54, 1.807) is 12.3 Å². The molecule has 166 valence electrons. The summed E-state index contributed by atoms with van der Waals surface area (Å²) >= 11 is 0. The van der Waals surface area contributed by atoms with Crippen molar-refractivity contribution in [2.24, 2.45) is 0 Å². The highest BCUT2D eigenvalue weighted by molar-refractivity contribution is 8.15. The van der Waals surface area contributed by atoms with Crippen LogP contribution in [0.15, 0.2) is 60.3 Å². The van der Waals surface area contributed by atoms with Crippen LogP contribution in [0.3, 0.4) is 0 Å². The van der Waals surface area contributed by atoms with E-state index < -0.39 is 17.4 Å². The molecule has 3 heterocycles. The fourth-order valence-corrected chi connectivity index (χ4v) is 5.70. The lowest BCUT2D eigenvalue weighted by Gasteiger charge is -2.29. The summed E-state index contributed by atoms with van der Waals surface area (Å²) in [5.74, 6) is -0.112. The van der Waals surface area contributed by atoms with Gasteiger partial charge in [0.25, 0.3) is 0 Å². The van der Waals surface area contributed by atoms with Crippen molar-refractivity contribution in [3.63, 3.8) is 0 Å². The summed E-state index contributed by atoms with van der Waals surface area (Å²) < 4.78 is 33.7. The molecule has 2 aliphatic heterocycles. The van der Waals surface area contributed by atoms with Crippen LogP contribution in [0.4, 0.5) is 20.4 Å². The van der Waals surface area contributed by atoms with Crippen molar-refractivity contribution in [1.82, 2.24) is 15.3 Å². The Morgan fingerprint density at radius 3 is 3.00 bits per heavy atom. The maximum absolute atomic E-state index is 14.0. The molecular weight excluding hydrogens is 432 g/mol. The van der Waals surface area contributed by atoms with Gasteiger partial charge in [-0.15, -0.1) is 0 Å². The average molecular weight is 456 g/mol. The van der Waals surface area contributed by atoms with Crippen LogP contribution in [0.2, 0.25) is 0 Å². The Hall–Kier alpha value is -2.88. The molecule has 3 atom stereocenters. The maximum atomic E-state index is 14.0. The number of nitrogens with two attached hydrogens (primary N) is 1. The molecule has 0 saturated carbocycles. The second-order valence-corrected chi connectivity index (χ2v) is 9.23. The van der Waals surface area contributed by atoms with Crippen molar-refractivity contribution in [1.29, 1.82) is 0 Å². The molecule has 3 unspecified atom stereocenters. The van der Waals surface area contributed by atoms with Crippen LogP contribution >= 0.6 is 10.8 Å². The molecule has 32 heavy (non-hydrogen) atoms. The van der Waals surface area contributed by atoms with Gasteiger partial charge in [0.2, 0.25) is 5.95 Å².